The van der Waals surface area contributed by atoms with E-state index >= 15 is 0 Å². The van der Waals surface area contributed by atoms with Crippen LogP contribution in [0.3, 0.4) is 0 Å². The number of ether oxygens (including phenoxy) is 2. The maximum Gasteiger partial charge on any atom is 0.251 e. The largest absolute Gasteiger partial charge is 0.491 e. The molecule has 1 aliphatic rings. The van der Waals surface area contributed by atoms with E-state index in [1.807, 2.05) is 42.5 Å². The Morgan fingerprint density at radius 3 is 2.68 bits per heavy atom. The summed E-state index contributed by atoms with van der Waals surface area (Å²) in [6.45, 7) is 9.52. The summed E-state index contributed by atoms with van der Waals surface area (Å²) >= 11 is 6.25. The molecule has 0 fully saturated rings. The third-order valence-corrected chi connectivity index (χ3v) is 6.78. The minimum atomic E-state index is -0.101. The number of hydrogen-bond donors (Lipinski definition) is 1. The number of amides is 1. The normalized spacial score (nSPS) is 14.9. The van der Waals surface area contributed by atoms with Crippen LogP contribution in [0.1, 0.15) is 46.5 Å². The number of carbonyl (C=O) groups is 1. The molecule has 1 amide bonds. The van der Waals surface area contributed by atoms with Gasteiger partial charge in [-0.2, -0.15) is 0 Å². The highest BCUT2D eigenvalue weighted by Gasteiger charge is 2.14. The molecule has 0 spiro atoms. The van der Waals surface area contributed by atoms with E-state index in [1.54, 1.807) is 0 Å². The van der Waals surface area contributed by atoms with Crippen molar-refractivity contribution in [2.45, 2.75) is 33.2 Å². The molecule has 0 saturated heterocycles. The summed E-state index contributed by atoms with van der Waals surface area (Å²) in [7, 11) is 0. The van der Waals surface area contributed by atoms with Crippen LogP contribution in [-0.2, 0) is 24.1 Å². The molecule has 0 aliphatic carbocycles. The summed E-state index contributed by atoms with van der Waals surface area (Å²) in [6, 6.07) is 22.1. The quantitative estimate of drug-likeness (QED) is 0.448. The van der Waals surface area contributed by atoms with Crippen molar-refractivity contribution in [2.75, 3.05) is 39.5 Å². The van der Waals surface area contributed by atoms with Crippen molar-refractivity contribution in [2.24, 2.45) is 5.92 Å². The van der Waals surface area contributed by atoms with Crippen LogP contribution in [0.25, 0.3) is 0 Å². The highest BCUT2D eigenvalue weighted by Crippen LogP contribution is 2.25. The van der Waals surface area contributed by atoms with Crippen LogP contribution >= 0.6 is 11.6 Å². The topological polar surface area (TPSA) is 50.8 Å². The smallest absolute Gasteiger partial charge is 0.251 e. The summed E-state index contributed by atoms with van der Waals surface area (Å²) in [5.41, 5.74) is 5.13. The van der Waals surface area contributed by atoms with E-state index in [0.717, 1.165) is 41.5 Å². The number of nitrogens with one attached hydrogen (secondary N) is 1. The molecular weight excluding hydrogens is 484 g/mol. The first-order valence-corrected chi connectivity index (χ1v) is 13.5. The predicted octanol–water partition coefficient (Wildman–Crippen LogP) is 5.77. The van der Waals surface area contributed by atoms with Crippen LogP contribution in [0.15, 0.2) is 66.7 Å². The fourth-order valence-corrected chi connectivity index (χ4v) is 4.92. The minimum absolute atomic E-state index is 0.101. The summed E-state index contributed by atoms with van der Waals surface area (Å²) < 4.78 is 12.0. The van der Waals surface area contributed by atoms with Gasteiger partial charge >= 0.3 is 0 Å². The number of fused-ring (bicyclic) bond motifs is 3. The standard InChI is InChI=1S/C31H37ClN2O3/c1-23(2)21-34-14-15-36-16-17-37-30-11-10-27(20-28(30)19-24-6-5-7-25(18-24)22-34)31(35)33-13-12-26-8-3-4-9-29(26)32/h3-11,18,20,23H,12-17,19,21-22H2,1-2H3,(H,33,35). The number of halogens is 1. The highest BCUT2D eigenvalue weighted by molar-refractivity contribution is 6.31. The first-order chi connectivity index (χ1) is 18.0. The molecule has 37 heavy (non-hydrogen) atoms. The fourth-order valence-electron chi connectivity index (χ4n) is 4.69. The number of nitrogens with zero attached hydrogens (tertiary/aromatic N) is 1. The van der Waals surface area contributed by atoms with Crippen molar-refractivity contribution in [1.29, 1.82) is 0 Å². The summed E-state index contributed by atoms with van der Waals surface area (Å²) in [4.78, 5) is 15.4. The van der Waals surface area contributed by atoms with E-state index in [1.165, 1.54) is 11.1 Å². The average Bonchev–Trinajstić information content (AvgIpc) is 2.87. The molecule has 2 bridgehead atoms. The van der Waals surface area contributed by atoms with E-state index in [4.69, 9.17) is 21.1 Å². The molecule has 3 aromatic carbocycles. The van der Waals surface area contributed by atoms with Crippen molar-refractivity contribution >= 4 is 17.5 Å². The average molecular weight is 521 g/mol. The Morgan fingerprint density at radius 2 is 1.84 bits per heavy atom. The molecule has 6 heteroatoms. The van der Waals surface area contributed by atoms with Crippen molar-refractivity contribution in [1.82, 2.24) is 10.2 Å². The van der Waals surface area contributed by atoms with Crippen molar-refractivity contribution in [3.8, 4) is 5.75 Å². The van der Waals surface area contributed by atoms with Crippen molar-refractivity contribution in [3.63, 3.8) is 0 Å². The van der Waals surface area contributed by atoms with Gasteiger partial charge in [0.15, 0.2) is 0 Å². The molecule has 5 nitrogen and oxygen atoms in total. The van der Waals surface area contributed by atoms with Gasteiger partial charge in [0.05, 0.1) is 13.2 Å². The van der Waals surface area contributed by atoms with Crippen LogP contribution in [0.5, 0.6) is 5.75 Å². The molecule has 1 N–H and O–H groups in total. The SMILES string of the molecule is CC(C)CN1CCOCCOc2ccc(C(=O)NCCc3ccccc3Cl)cc2Cc2cccc(c2)C1. The monoisotopic (exact) mass is 520 g/mol. The van der Waals surface area contributed by atoms with Crippen molar-refractivity contribution < 1.29 is 14.3 Å². The summed E-state index contributed by atoms with van der Waals surface area (Å²) in [6.07, 6.45) is 1.37. The van der Waals surface area contributed by atoms with Crippen LogP contribution in [0, 0.1) is 5.92 Å². The molecule has 1 heterocycles. The van der Waals surface area contributed by atoms with Gasteiger partial charge in [0.25, 0.3) is 5.91 Å². The van der Waals surface area contributed by atoms with Gasteiger partial charge in [-0.25, -0.2) is 0 Å². The van der Waals surface area contributed by atoms with E-state index < -0.39 is 0 Å². The number of hydrogen-bond acceptors (Lipinski definition) is 4. The minimum Gasteiger partial charge on any atom is -0.491 e. The first kappa shape index (κ1) is 27.2. The zero-order valence-corrected chi connectivity index (χ0v) is 22.6. The number of benzene rings is 3. The lowest BCUT2D eigenvalue weighted by Crippen LogP contribution is -2.31. The highest BCUT2D eigenvalue weighted by atomic mass is 35.5. The van der Waals surface area contributed by atoms with Crippen LogP contribution < -0.4 is 10.1 Å². The molecule has 0 saturated carbocycles. The number of carbonyl (C=O) groups excluding carboxylic acids is 1. The van der Waals surface area contributed by atoms with Crippen LogP contribution in [0.2, 0.25) is 5.02 Å². The zero-order valence-electron chi connectivity index (χ0n) is 21.8. The van der Waals surface area contributed by atoms with Gasteiger partial charge < -0.3 is 14.8 Å². The van der Waals surface area contributed by atoms with Gasteiger partial charge in [-0.15, -0.1) is 0 Å². The van der Waals surface area contributed by atoms with Crippen LogP contribution in [-0.4, -0.2) is 50.3 Å². The summed E-state index contributed by atoms with van der Waals surface area (Å²) in [5, 5.41) is 3.75. The van der Waals surface area contributed by atoms with E-state index in [9.17, 15) is 4.79 Å². The van der Waals surface area contributed by atoms with E-state index in [0.29, 0.717) is 50.7 Å². The lowest BCUT2D eigenvalue weighted by atomic mass is 9.99. The molecule has 4 rings (SSSR count). The van der Waals surface area contributed by atoms with Gasteiger partial charge in [0.1, 0.15) is 12.4 Å². The second kappa shape index (κ2) is 13.6. The lowest BCUT2D eigenvalue weighted by Gasteiger charge is -2.25. The molecule has 196 valence electrons. The molecule has 1 aliphatic heterocycles. The van der Waals surface area contributed by atoms with Gasteiger partial charge in [-0.3, -0.25) is 9.69 Å². The second-order valence-corrected chi connectivity index (χ2v) is 10.4. The fraction of sp³-hybridized carbons (Fsp3) is 0.387. The Balaban J connectivity index is 1.50. The lowest BCUT2D eigenvalue weighted by molar-refractivity contribution is 0.0746. The predicted molar refractivity (Wildman–Crippen MR) is 150 cm³/mol. The molecular formula is C31H37ClN2O3. The Hall–Kier alpha value is -2.86. The summed E-state index contributed by atoms with van der Waals surface area (Å²) in [5.74, 6) is 1.28. The Kier molecular flexibility index (Phi) is 10.0. The zero-order chi connectivity index (χ0) is 26.0. The molecule has 0 radical (unpaired) electrons. The molecule has 0 atom stereocenters. The van der Waals surface area contributed by atoms with Gasteiger partial charge in [0.2, 0.25) is 0 Å². The Morgan fingerprint density at radius 1 is 1.00 bits per heavy atom. The molecule has 0 unspecified atom stereocenters. The first-order valence-electron chi connectivity index (χ1n) is 13.1. The maximum absolute atomic E-state index is 13.0. The third-order valence-electron chi connectivity index (χ3n) is 6.41. The maximum atomic E-state index is 13.0. The van der Waals surface area contributed by atoms with Crippen LogP contribution in [0.4, 0.5) is 0 Å². The number of rotatable bonds is 6. The molecule has 0 aromatic heterocycles. The van der Waals surface area contributed by atoms with E-state index in [-0.39, 0.29) is 5.91 Å². The van der Waals surface area contributed by atoms with E-state index in [2.05, 4.69) is 48.3 Å². The van der Waals surface area contributed by atoms with Gasteiger partial charge in [-0.05, 0) is 58.9 Å². The third kappa shape index (κ3) is 8.32. The van der Waals surface area contributed by atoms with Gasteiger partial charge in [0, 0.05) is 43.2 Å². The Labute approximate surface area is 225 Å². The van der Waals surface area contributed by atoms with Gasteiger partial charge in [-0.1, -0.05) is 67.9 Å². The van der Waals surface area contributed by atoms with Crippen molar-refractivity contribution in [3.05, 3.63) is 99.6 Å². The molecule has 3 aromatic rings. The second-order valence-electron chi connectivity index (χ2n) is 10.0. The Bertz CT molecular complexity index is 1180.